The summed E-state index contributed by atoms with van der Waals surface area (Å²) in [4.78, 5) is 63.7. The number of aliphatic hydroxyl groups is 1. The zero-order valence-corrected chi connectivity index (χ0v) is 19.4. The summed E-state index contributed by atoms with van der Waals surface area (Å²) in [5, 5.41) is 25.4. The van der Waals surface area contributed by atoms with Crippen molar-refractivity contribution in [1.82, 2.24) is 16.0 Å². The molecule has 0 aromatic heterocycles. The average Bonchev–Trinajstić information content (AvgIpc) is 2.77. The minimum absolute atomic E-state index is 0.0586. The van der Waals surface area contributed by atoms with Crippen molar-refractivity contribution >= 4 is 35.6 Å². The molecule has 200 valence electrons. The monoisotopic (exact) mass is 503 g/mol. The number of rotatable bonds is 18. The number of carbonyl (C=O) groups is 5. The van der Waals surface area contributed by atoms with Gasteiger partial charge in [0.1, 0.15) is 18.1 Å². The molecule has 0 bridgehead atoms. The molecule has 0 aliphatic carbocycles. The summed E-state index contributed by atoms with van der Waals surface area (Å²) in [6, 6.07) is -5.31. The number of guanidine groups is 1. The predicted octanol–water partition coefficient (Wildman–Crippen LogP) is -5.10. The number of unbranched alkanes of at least 4 members (excludes halogenated alkanes) is 1. The Balaban J connectivity index is 5.33. The van der Waals surface area contributed by atoms with E-state index in [1.165, 1.54) is 0 Å². The Morgan fingerprint density at radius 2 is 1.37 bits per heavy atom. The first kappa shape index (κ1) is 31.5. The summed E-state index contributed by atoms with van der Waals surface area (Å²) in [5.74, 6) is -5.19. The van der Waals surface area contributed by atoms with Crippen LogP contribution in [0.15, 0.2) is 4.99 Å². The van der Waals surface area contributed by atoms with Crippen molar-refractivity contribution in [2.24, 2.45) is 33.7 Å². The first-order valence-electron chi connectivity index (χ1n) is 11.0. The van der Waals surface area contributed by atoms with Crippen LogP contribution in [0, 0.1) is 0 Å². The molecule has 0 radical (unpaired) electrons. The van der Waals surface area contributed by atoms with Gasteiger partial charge in [0.25, 0.3) is 0 Å². The zero-order chi connectivity index (χ0) is 27.0. The van der Waals surface area contributed by atoms with Crippen LogP contribution < -0.4 is 44.6 Å². The molecule has 0 aromatic carbocycles. The molecule has 0 spiro atoms. The van der Waals surface area contributed by atoms with Crippen molar-refractivity contribution < 1.29 is 34.2 Å². The van der Waals surface area contributed by atoms with E-state index < -0.39 is 66.8 Å². The Labute approximate surface area is 202 Å². The lowest BCUT2D eigenvalue weighted by molar-refractivity contribution is -0.144. The predicted molar refractivity (Wildman–Crippen MR) is 125 cm³/mol. The molecule has 35 heavy (non-hydrogen) atoms. The Bertz CT molecular complexity index is 759. The number of carboxylic acids is 1. The number of amides is 4. The van der Waals surface area contributed by atoms with Gasteiger partial charge in [-0.25, -0.2) is 4.79 Å². The van der Waals surface area contributed by atoms with Gasteiger partial charge in [0.15, 0.2) is 5.96 Å². The number of carboxylic acid groups (broad SMARTS) is 1. The minimum atomic E-state index is -1.66. The third-order valence-electron chi connectivity index (χ3n) is 4.72. The van der Waals surface area contributed by atoms with Gasteiger partial charge in [0.2, 0.25) is 23.6 Å². The summed E-state index contributed by atoms with van der Waals surface area (Å²) in [5.41, 5.74) is 26.8. The Kier molecular flexibility index (Phi) is 15.3. The molecular formula is C19H37N9O7. The number of aliphatic carboxylic acids is 1. The van der Waals surface area contributed by atoms with E-state index >= 15 is 0 Å². The zero-order valence-electron chi connectivity index (χ0n) is 19.4. The summed E-state index contributed by atoms with van der Waals surface area (Å²) in [6.45, 7) is -0.299. The van der Waals surface area contributed by atoms with Crippen molar-refractivity contribution in [2.45, 2.75) is 62.7 Å². The lowest BCUT2D eigenvalue weighted by Crippen LogP contribution is -2.58. The van der Waals surface area contributed by atoms with Gasteiger partial charge < -0.3 is 54.8 Å². The smallest absolute Gasteiger partial charge is 0.326 e. The highest BCUT2D eigenvalue weighted by molar-refractivity contribution is 5.94. The van der Waals surface area contributed by atoms with Crippen LogP contribution in [0.5, 0.6) is 0 Å². The number of carbonyl (C=O) groups excluding carboxylic acids is 4. The maximum atomic E-state index is 12.8. The van der Waals surface area contributed by atoms with Crippen molar-refractivity contribution in [1.29, 1.82) is 0 Å². The highest BCUT2D eigenvalue weighted by atomic mass is 16.4. The number of hydrogen-bond acceptors (Lipinski definition) is 9. The fraction of sp³-hybridized carbons (Fsp3) is 0.684. The fourth-order valence-corrected chi connectivity index (χ4v) is 2.83. The van der Waals surface area contributed by atoms with Crippen LogP contribution in [0.1, 0.15) is 38.5 Å². The Morgan fingerprint density at radius 1 is 0.800 bits per heavy atom. The maximum absolute atomic E-state index is 12.8. The van der Waals surface area contributed by atoms with Gasteiger partial charge >= 0.3 is 5.97 Å². The van der Waals surface area contributed by atoms with E-state index in [2.05, 4.69) is 15.6 Å². The van der Waals surface area contributed by atoms with E-state index in [4.69, 9.17) is 33.8 Å². The SMILES string of the molecule is NCCCCC(N)C(=O)NC(CCCN=C(N)N)C(=O)NC(CO)C(=O)NC(CC(N)=O)C(=O)O. The standard InChI is InChI=1S/C19H37N9O7/c20-6-2-1-4-10(21)15(31)26-11(5-3-7-25-19(23)24)16(32)28-13(9-29)17(33)27-12(18(34)35)8-14(22)30/h10-13,29H,1-9,20-21H2,(H2,22,30)(H,26,31)(H,27,33)(H,28,32)(H,34,35)(H4,23,24,25). The number of nitrogens with zero attached hydrogens (tertiary/aromatic N) is 1. The fourth-order valence-electron chi connectivity index (χ4n) is 2.83. The summed E-state index contributed by atoms with van der Waals surface area (Å²) in [7, 11) is 0. The van der Waals surface area contributed by atoms with E-state index in [-0.39, 0.29) is 25.3 Å². The van der Waals surface area contributed by atoms with Gasteiger partial charge in [-0.05, 0) is 32.2 Å². The van der Waals surface area contributed by atoms with Crippen molar-refractivity contribution in [3.05, 3.63) is 0 Å². The second-order valence-corrected chi connectivity index (χ2v) is 7.71. The van der Waals surface area contributed by atoms with Gasteiger partial charge in [-0.2, -0.15) is 0 Å². The van der Waals surface area contributed by atoms with E-state index in [1.807, 2.05) is 5.32 Å². The molecule has 15 N–H and O–H groups in total. The van der Waals surface area contributed by atoms with Gasteiger partial charge in [0, 0.05) is 6.54 Å². The van der Waals surface area contributed by atoms with Gasteiger partial charge in [0.05, 0.1) is 19.1 Å². The number of aliphatic imine (C=N–C) groups is 1. The van der Waals surface area contributed by atoms with Crippen LogP contribution in [-0.2, 0) is 24.0 Å². The molecule has 4 atom stereocenters. The molecule has 0 aliphatic heterocycles. The third kappa shape index (κ3) is 13.7. The number of primary amides is 1. The van der Waals surface area contributed by atoms with E-state index in [9.17, 15) is 29.1 Å². The lowest BCUT2D eigenvalue weighted by atomic mass is 10.1. The molecule has 4 amide bonds. The molecule has 0 saturated carbocycles. The molecule has 0 aliphatic rings. The highest BCUT2D eigenvalue weighted by Crippen LogP contribution is 2.04. The molecular weight excluding hydrogens is 466 g/mol. The van der Waals surface area contributed by atoms with Gasteiger partial charge in [-0.15, -0.1) is 0 Å². The molecule has 0 saturated heterocycles. The van der Waals surface area contributed by atoms with Gasteiger partial charge in [-0.1, -0.05) is 6.42 Å². The van der Waals surface area contributed by atoms with E-state index in [0.717, 1.165) is 0 Å². The van der Waals surface area contributed by atoms with E-state index in [1.54, 1.807) is 0 Å². The van der Waals surface area contributed by atoms with Crippen molar-refractivity contribution in [2.75, 3.05) is 19.7 Å². The summed E-state index contributed by atoms with van der Waals surface area (Å²) in [6.07, 6.45) is 1.25. The molecule has 16 heteroatoms. The average molecular weight is 504 g/mol. The second-order valence-electron chi connectivity index (χ2n) is 7.71. The first-order valence-corrected chi connectivity index (χ1v) is 11.0. The lowest BCUT2D eigenvalue weighted by Gasteiger charge is -2.24. The van der Waals surface area contributed by atoms with Crippen LogP contribution in [0.25, 0.3) is 0 Å². The number of nitrogens with one attached hydrogen (secondary N) is 3. The van der Waals surface area contributed by atoms with Gasteiger partial charge in [-0.3, -0.25) is 24.2 Å². The van der Waals surface area contributed by atoms with Crippen LogP contribution in [0.2, 0.25) is 0 Å². The normalized spacial score (nSPS) is 14.0. The largest absolute Gasteiger partial charge is 0.480 e. The minimum Gasteiger partial charge on any atom is -0.480 e. The molecule has 4 unspecified atom stereocenters. The van der Waals surface area contributed by atoms with Crippen LogP contribution in [-0.4, -0.2) is 89.6 Å². The Morgan fingerprint density at radius 3 is 1.89 bits per heavy atom. The van der Waals surface area contributed by atoms with Crippen molar-refractivity contribution in [3.8, 4) is 0 Å². The van der Waals surface area contributed by atoms with Crippen LogP contribution >= 0.6 is 0 Å². The number of hydrogen-bond donors (Lipinski definition) is 10. The summed E-state index contributed by atoms with van der Waals surface area (Å²) < 4.78 is 0. The highest BCUT2D eigenvalue weighted by Gasteiger charge is 2.30. The second kappa shape index (κ2) is 17.0. The molecule has 0 aromatic rings. The molecule has 16 nitrogen and oxygen atoms in total. The summed E-state index contributed by atoms with van der Waals surface area (Å²) >= 11 is 0. The number of aliphatic hydroxyl groups excluding tert-OH is 1. The third-order valence-corrected chi connectivity index (χ3v) is 4.72. The number of nitrogens with two attached hydrogens (primary N) is 5. The molecule has 0 heterocycles. The maximum Gasteiger partial charge on any atom is 0.326 e. The van der Waals surface area contributed by atoms with Crippen LogP contribution in [0.3, 0.4) is 0 Å². The van der Waals surface area contributed by atoms with Crippen LogP contribution in [0.4, 0.5) is 0 Å². The molecule has 0 rings (SSSR count). The Hall–Kier alpha value is -3.50. The van der Waals surface area contributed by atoms with Crippen molar-refractivity contribution in [3.63, 3.8) is 0 Å². The topological polar surface area (TPSA) is 304 Å². The molecule has 0 fully saturated rings. The van der Waals surface area contributed by atoms with E-state index in [0.29, 0.717) is 25.8 Å². The quantitative estimate of drug-likeness (QED) is 0.0479. The first-order chi connectivity index (χ1) is 16.4.